The van der Waals surface area contributed by atoms with Gasteiger partial charge < -0.3 is 22.1 Å². The summed E-state index contributed by atoms with van der Waals surface area (Å²) >= 11 is 0. The van der Waals surface area contributed by atoms with Crippen molar-refractivity contribution in [3.8, 4) is 0 Å². The van der Waals surface area contributed by atoms with Crippen molar-refractivity contribution in [3.63, 3.8) is 0 Å². The van der Waals surface area contributed by atoms with Gasteiger partial charge in [-0.1, -0.05) is 13.8 Å². The monoisotopic (exact) mass is 190 g/mol. The molecule has 82 valence electrons. The number of nitrogens with two attached hydrogens (primary N) is 2. The van der Waals surface area contributed by atoms with Crippen LogP contribution in [-0.2, 0) is 0 Å². The van der Waals surface area contributed by atoms with E-state index in [1.54, 1.807) is 0 Å². The van der Waals surface area contributed by atoms with Crippen molar-refractivity contribution in [1.82, 2.24) is 10.6 Å². The SMILES string of the molecule is CCNCCCN.CCNCCN. The van der Waals surface area contributed by atoms with Gasteiger partial charge in [-0.15, -0.1) is 0 Å². The van der Waals surface area contributed by atoms with Crippen molar-refractivity contribution in [3.05, 3.63) is 0 Å². The number of hydrogen-bond donors (Lipinski definition) is 4. The molecule has 0 spiro atoms. The highest BCUT2D eigenvalue weighted by atomic mass is 14.9. The van der Waals surface area contributed by atoms with Crippen molar-refractivity contribution in [2.45, 2.75) is 20.3 Å². The second-order valence-electron chi connectivity index (χ2n) is 2.64. The number of hydrogen-bond acceptors (Lipinski definition) is 4. The van der Waals surface area contributed by atoms with E-state index >= 15 is 0 Å². The molecule has 0 saturated heterocycles. The summed E-state index contributed by atoms with van der Waals surface area (Å²) in [6.45, 7) is 9.79. The Morgan fingerprint density at radius 3 is 1.69 bits per heavy atom. The third-order valence-corrected chi connectivity index (χ3v) is 1.38. The fourth-order valence-electron chi connectivity index (χ4n) is 0.683. The summed E-state index contributed by atoms with van der Waals surface area (Å²) in [6, 6.07) is 0. The third kappa shape index (κ3) is 24.5. The molecule has 0 aliphatic heterocycles. The highest BCUT2D eigenvalue weighted by molar-refractivity contribution is 4.42. The lowest BCUT2D eigenvalue weighted by atomic mass is 10.4. The van der Waals surface area contributed by atoms with Gasteiger partial charge in [0.1, 0.15) is 0 Å². The summed E-state index contributed by atoms with van der Waals surface area (Å²) in [5.41, 5.74) is 10.4. The second kappa shape index (κ2) is 17.8. The quantitative estimate of drug-likeness (QED) is 0.408. The zero-order valence-corrected chi connectivity index (χ0v) is 9.10. The normalized spacial score (nSPS) is 9.23. The average molecular weight is 190 g/mol. The molecule has 0 heterocycles. The van der Waals surface area contributed by atoms with Crippen LogP contribution < -0.4 is 22.1 Å². The number of nitrogens with one attached hydrogen (secondary N) is 2. The molecular formula is C9H26N4. The molecule has 0 fully saturated rings. The van der Waals surface area contributed by atoms with E-state index in [0.717, 1.165) is 45.7 Å². The van der Waals surface area contributed by atoms with E-state index in [0.29, 0.717) is 0 Å². The van der Waals surface area contributed by atoms with E-state index in [1.165, 1.54) is 0 Å². The Labute approximate surface area is 82.4 Å². The Morgan fingerprint density at radius 2 is 1.38 bits per heavy atom. The Morgan fingerprint density at radius 1 is 0.846 bits per heavy atom. The standard InChI is InChI=1S/C5H14N2.C4H12N2/c1-2-7-5-3-4-6;1-2-6-4-3-5/h7H,2-6H2,1H3;6H,2-5H2,1H3. The second-order valence-corrected chi connectivity index (χ2v) is 2.64. The van der Waals surface area contributed by atoms with E-state index in [4.69, 9.17) is 11.5 Å². The van der Waals surface area contributed by atoms with Crippen molar-refractivity contribution in [2.24, 2.45) is 11.5 Å². The van der Waals surface area contributed by atoms with Crippen molar-refractivity contribution in [1.29, 1.82) is 0 Å². The van der Waals surface area contributed by atoms with E-state index in [1.807, 2.05) is 0 Å². The summed E-state index contributed by atoms with van der Waals surface area (Å²) in [4.78, 5) is 0. The third-order valence-electron chi connectivity index (χ3n) is 1.38. The Bertz CT molecular complexity index is 60.6. The molecule has 0 unspecified atom stereocenters. The highest BCUT2D eigenvalue weighted by Gasteiger charge is 1.77. The van der Waals surface area contributed by atoms with Crippen LogP contribution in [0.2, 0.25) is 0 Å². The number of rotatable bonds is 7. The first-order chi connectivity index (χ1) is 6.33. The van der Waals surface area contributed by atoms with Gasteiger partial charge in [-0.2, -0.15) is 0 Å². The zero-order valence-electron chi connectivity index (χ0n) is 9.10. The van der Waals surface area contributed by atoms with Crippen LogP contribution in [-0.4, -0.2) is 39.3 Å². The molecule has 0 saturated carbocycles. The molecule has 0 aromatic heterocycles. The van der Waals surface area contributed by atoms with Crippen LogP contribution in [0.1, 0.15) is 20.3 Å². The lowest BCUT2D eigenvalue weighted by Gasteiger charge is -1.95. The minimum absolute atomic E-state index is 0.744. The van der Waals surface area contributed by atoms with Gasteiger partial charge in [-0.25, -0.2) is 0 Å². The molecule has 6 N–H and O–H groups in total. The molecule has 0 aromatic rings. The predicted molar refractivity (Wildman–Crippen MR) is 59.8 cm³/mol. The van der Waals surface area contributed by atoms with Gasteiger partial charge in [0.15, 0.2) is 0 Å². The van der Waals surface area contributed by atoms with E-state index in [-0.39, 0.29) is 0 Å². The molecule has 4 nitrogen and oxygen atoms in total. The topological polar surface area (TPSA) is 76.1 Å². The van der Waals surface area contributed by atoms with Crippen LogP contribution in [0.15, 0.2) is 0 Å². The van der Waals surface area contributed by atoms with Gasteiger partial charge >= 0.3 is 0 Å². The summed E-state index contributed by atoms with van der Waals surface area (Å²) in [6.07, 6.45) is 1.09. The molecule has 0 aliphatic rings. The van der Waals surface area contributed by atoms with Gasteiger partial charge in [0, 0.05) is 13.1 Å². The zero-order chi connectivity index (χ0) is 10.4. The molecular weight excluding hydrogens is 164 g/mol. The minimum atomic E-state index is 0.744. The van der Waals surface area contributed by atoms with E-state index in [9.17, 15) is 0 Å². The lowest BCUT2D eigenvalue weighted by Crippen LogP contribution is -2.21. The van der Waals surface area contributed by atoms with Crippen molar-refractivity contribution in [2.75, 3.05) is 39.3 Å². The Kier molecular flexibility index (Phi) is 21.0. The molecule has 0 bridgehead atoms. The van der Waals surface area contributed by atoms with Crippen molar-refractivity contribution >= 4 is 0 Å². The summed E-state index contributed by atoms with van der Waals surface area (Å²) < 4.78 is 0. The van der Waals surface area contributed by atoms with Crippen LogP contribution in [0.4, 0.5) is 0 Å². The molecule has 0 aromatic carbocycles. The first-order valence-electron chi connectivity index (χ1n) is 5.14. The molecule has 13 heavy (non-hydrogen) atoms. The van der Waals surface area contributed by atoms with Crippen LogP contribution in [0.5, 0.6) is 0 Å². The van der Waals surface area contributed by atoms with Gasteiger partial charge in [-0.05, 0) is 32.6 Å². The highest BCUT2D eigenvalue weighted by Crippen LogP contribution is 1.66. The Hall–Kier alpha value is -0.160. The first-order valence-corrected chi connectivity index (χ1v) is 5.14. The fraction of sp³-hybridized carbons (Fsp3) is 1.00. The summed E-state index contributed by atoms with van der Waals surface area (Å²) in [5.74, 6) is 0. The maximum absolute atomic E-state index is 5.23. The smallest absolute Gasteiger partial charge is 0.00743 e. The summed E-state index contributed by atoms with van der Waals surface area (Å²) in [5, 5.41) is 6.24. The van der Waals surface area contributed by atoms with Crippen LogP contribution >= 0.6 is 0 Å². The molecule has 0 rings (SSSR count). The maximum Gasteiger partial charge on any atom is 0.00743 e. The fourth-order valence-corrected chi connectivity index (χ4v) is 0.683. The lowest BCUT2D eigenvalue weighted by molar-refractivity contribution is 0.679. The predicted octanol–water partition coefficient (Wildman–Crippen LogP) is -0.501. The van der Waals surface area contributed by atoms with Gasteiger partial charge in [0.25, 0.3) is 0 Å². The summed E-state index contributed by atoms with van der Waals surface area (Å²) in [7, 11) is 0. The largest absolute Gasteiger partial charge is 0.330 e. The van der Waals surface area contributed by atoms with E-state index < -0.39 is 0 Å². The molecule has 0 atom stereocenters. The number of likely N-dealkylation sites (N-methyl/N-ethyl adjacent to an activating group) is 1. The van der Waals surface area contributed by atoms with Gasteiger partial charge in [-0.3, -0.25) is 0 Å². The van der Waals surface area contributed by atoms with Crippen molar-refractivity contribution < 1.29 is 0 Å². The first kappa shape index (κ1) is 15.3. The van der Waals surface area contributed by atoms with Gasteiger partial charge in [0.05, 0.1) is 0 Å². The molecule has 0 amide bonds. The molecule has 0 aliphatic carbocycles. The van der Waals surface area contributed by atoms with Crippen LogP contribution in [0.3, 0.4) is 0 Å². The van der Waals surface area contributed by atoms with Crippen LogP contribution in [0, 0.1) is 0 Å². The average Bonchev–Trinajstić information content (AvgIpc) is 2.17. The van der Waals surface area contributed by atoms with Crippen LogP contribution in [0.25, 0.3) is 0 Å². The molecule has 0 radical (unpaired) electrons. The Balaban J connectivity index is 0. The van der Waals surface area contributed by atoms with E-state index in [2.05, 4.69) is 24.5 Å². The van der Waals surface area contributed by atoms with Gasteiger partial charge in [0.2, 0.25) is 0 Å². The minimum Gasteiger partial charge on any atom is -0.330 e. The molecule has 4 heteroatoms. The maximum atomic E-state index is 5.23.